The number of amides is 1. The predicted molar refractivity (Wildman–Crippen MR) is 72.1 cm³/mol. The van der Waals surface area contributed by atoms with Crippen molar-refractivity contribution in [3.8, 4) is 5.75 Å². The lowest BCUT2D eigenvalue weighted by Crippen LogP contribution is -2.36. The lowest BCUT2D eigenvalue weighted by molar-refractivity contribution is 0.133. The molecule has 0 saturated carbocycles. The Balaban J connectivity index is 2.22. The van der Waals surface area contributed by atoms with Crippen LogP contribution in [0.25, 0.3) is 10.9 Å². The molecule has 0 atom stereocenters. The molecule has 0 unspecified atom stereocenters. The Hall–Kier alpha value is -1.59. The van der Waals surface area contributed by atoms with Gasteiger partial charge in [-0.1, -0.05) is 23.2 Å². The number of carboxylic acid groups (broad SMARTS) is 1. The molecule has 0 bridgehead atoms. The molecule has 5 nitrogen and oxygen atoms in total. The number of hydrogen-bond donors (Lipinski definition) is 2. The molecule has 1 aliphatic heterocycles. The maximum absolute atomic E-state index is 11.0. The zero-order valence-electron chi connectivity index (χ0n) is 9.73. The molecule has 0 spiro atoms. The highest BCUT2D eigenvalue weighted by molar-refractivity contribution is 6.45. The van der Waals surface area contributed by atoms with Gasteiger partial charge in [0.05, 0.1) is 22.1 Å². The first-order chi connectivity index (χ1) is 8.99. The van der Waals surface area contributed by atoms with Gasteiger partial charge in [0.2, 0.25) is 0 Å². The van der Waals surface area contributed by atoms with E-state index in [-0.39, 0.29) is 17.3 Å². The minimum atomic E-state index is -0.954. The van der Waals surface area contributed by atoms with E-state index in [1.807, 2.05) is 4.57 Å². The van der Waals surface area contributed by atoms with Crippen LogP contribution in [0.2, 0.25) is 10.0 Å². The molecule has 1 aromatic heterocycles. The molecule has 1 amide bonds. The minimum Gasteiger partial charge on any atom is -0.507 e. The van der Waals surface area contributed by atoms with E-state index in [4.69, 9.17) is 28.3 Å². The highest BCUT2D eigenvalue weighted by Crippen LogP contribution is 2.39. The van der Waals surface area contributed by atoms with Gasteiger partial charge in [0.1, 0.15) is 5.75 Å². The third-order valence-corrected chi connectivity index (χ3v) is 4.13. The third-order valence-electron chi connectivity index (χ3n) is 3.36. The van der Waals surface area contributed by atoms with Crippen molar-refractivity contribution in [2.45, 2.75) is 13.1 Å². The third kappa shape index (κ3) is 1.81. The van der Waals surface area contributed by atoms with E-state index in [2.05, 4.69) is 0 Å². The van der Waals surface area contributed by atoms with Crippen LogP contribution in [-0.2, 0) is 13.1 Å². The summed E-state index contributed by atoms with van der Waals surface area (Å²) in [5, 5.41) is 20.2. The number of aromatic nitrogens is 1. The Morgan fingerprint density at radius 3 is 2.68 bits per heavy atom. The van der Waals surface area contributed by atoms with Crippen LogP contribution in [0, 0.1) is 0 Å². The average molecular weight is 301 g/mol. The van der Waals surface area contributed by atoms with E-state index in [1.54, 1.807) is 6.07 Å². The Bertz CT molecular complexity index is 696. The number of rotatable bonds is 0. The fourth-order valence-electron chi connectivity index (χ4n) is 2.45. The van der Waals surface area contributed by atoms with Crippen LogP contribution in [0.5, 0.6) is 5.75 Å². The van der Waals surface area contributed by atoms with Crippen LogP contribution in [0.1, 0.15) is 5.69 Å². The number of phenols is 1. The SMILES string of the molecule is O=C(O)N1CCn2c(cc3c(O)cc(Cl)c(Cl)c32)C1. The van der Waals surface area contributed by atoms with Crippen molar-refractivity contribution >= 4 is 40.2 Å². The molecule has 2 heterocycles. The van der Waals surface area contributed by atoms with E-state index in [0.29, 0.717) is 29.0 Å². The second-order valence-corrected chi connectivity index (χ2v) is 5.23. The molecule has 2 N–H and O–H groups in total. The van der Waals surface area contributed by atoms with Crippen molar-refractivity contribution in [3.63, 3.8) is 0 Å². The maximum atomic E-state index is 11.0. The summed E-state index contributed by atoms with van der Waals surface area (Å²) in [5.74, 6) is 0.0492. The van der Waals surface area contributed by atoms with E-state index in [0.717, 1.165) is 5.69 Å². The van der Waals surface area contributed by atoms with Gasteiger partial charge in [0, 0.05) is 30.2 Å². The van der Waals surface area contributed by atoms with E-state index in [9.17, 15) is 9.90 Å². The molecule has 0 fully saturated rings. The molecular formula is C12H10Cl2N2O3. The number of phenolic OH excluding ortho intramolecular Hbond substituents is 1. The number of halogens is 2. The highest BCUT2D eigenvalue weighted by atomic mass is 35.5. The van der Waals surface area contributed by atoms with Gasteiger partial charge in [-0.3, -0.25) is 0 Å². The molecule has 0 radical (unpaired) electrons. The van der Waals surface area contributed by atoms with Crippen LogP contribution in [0.3, 0.4) is 0 Å². The maximum Gasteiger partial charge on any atom is 0.407 e. The van der Waals surface area contributed by atoms with Crippen LogP contribution in [0.4, 0.5) is 4.79 Å². The largest absolute Gasteiger partial charge is 0.507 e. The van der Waals surface area contributed by atoms with Gasteiger partial charge in [-0.2, -0.15) is 0 Å². The van der Waals surface area contributed by atoms with Gasteiger partial charge in [0.25, 0.3) is 0 Å². The summed E-state index contributed by atoms with van der Waals surface area (Å²) in [7, 11) is 0. The monoisotopic (exact) mass is 300 g/mol. The summed E-state index contributed by atoms with van der Waals surface area (Å²) in [6, 6.07) is 3.15. The molecule has 7 heteroatoms. The fraction of sp³-hybridized carbons (Fsp3) is 0.250. The number of hydrogen-bond acceptors (Lipinski definition) is 2. The van der Waals surface area contributed by atoms with Crippen LogP contribution >= 0.6 is 23.2 Å². The summed E-state index contributed by atoms with van der Waals surface area (Å²) in [6.45, 7) is 1.15. The van der Waals surface area contributed by atoms with Crippen molar-refractivity contribution in [3.05, 3.63) is 27.9 Å². The van der Waals surface area contributed by atoms with Crippen molar-refractivity contribution in [1.29, 1.82) is 0 Å². The Kier molecular flexibility index (Phi) is 2.76. The van der Waals surface area contributed by atoms with Gasteiger partial charge >= 0.3 is 6.09 Å². The second kappa shape index (κ2) is 4.21. The molecule has 0 saturated heterocycles. The topological polar surface area (TPSA) is 65.7 Å². The highest BCUT2D eigenvalue weighted by Gasteiger charge is 2.24. The van der Waals surface area contributed by atoms with Crippen molar-refractivity contribution < 1.29 is 15.0 Å². The molecule has 0 aliphatic carbocycles. The Labute approximate surface area is 118 Å². The molecular weight excluding hydrogens is 291 g/mol. The lowest BCUT2D eigenvalue weighted by atomic mass is 10.2. The van der Waals surface area contributed by atoms with E-state index in [1.165, 1.54) is 11.0 Å². The molecule has 19 heavy (non-hydrogen) atoms. The molecule has 1 aliphatic rings. The summed E-state index contributed by atoms with van der Waals surface area (Å²) in [6.07, 6.45) is -0.954. The molecule has 3 rings (SSSR count). The first-order valence-electron chi connectivity index (χ1n) is 5.66. The van der Waals surface area contributed by atoms with Gasteiger partial charge in [-0.15, -0.1) is 0 Å². The van der Waals surface area contributed by atoms with E-state index < -0.39 is 6.09 Å². The van der Waals surface area contributed by atoms with Gasteiger partial charge < -0.3 is 19.7 Å². The van der Waals surface area contributed by atoms with Crippen molar-refractivity contribution in [1.82, 2.24) is 9.47 Å². The van der Waals surface area contributed by atoms with Gasteiger partial charge in [-0.05, 0) is 6.07 Å². The van der Waals surface area contributed by atoms with Gasteiger partial charge in [0.15, 0.2) is 0 Å². The quantitative estimate of drug-likeness (QED) is 0.785. The van der Waals surface area contributed by atoms with Crippen molar-refractivity contribution in [2.24, 2.45) is 0 Å². The molecule has 2 aromatic rings. The smallest absolute Gasteiger partial charge is 0.407 e. The normalized spacial score (nSPS) is 14.7. The second-order valence-electron chi connectivity index (χ2n) is 4.45. The van der Waals surface area contributed by atoms with E-state index >= 15 is 0 Å². The first-order valence-corrected chi connectivity index (χ1v) is 6.41. The Morgan fingerprint density at radius 1 is 1.26 bits per heavy atom. The zero-order valence-corrected chi connectivity index (χ0v) is 11.2. The average Bonchev–Trinajstić information content (AvgIpc) is 2.75. The number of carbonyl (C=O) groups is 1. The summed E-state index contributed by atoms with van der Waals surface area (Å²) >= 11 is 12.1. The standard InChI is InChI=1S/C12H10Cl2N2O3/c13-8-4-9(17)7-3-6-5-15(12(18)19)1-2-16(6)11(7)10(8)14/h3-4,17H,1-2,5H2,(H,18,19). The fourth-order valence-corrected chi connectivity index (χ4v) is 2.90. The van der Waals surface area contributed by atoms with Crippen LogP contribution < -0.4 is 0 Å². The summed E-state index contributed by atoms with van der Waals surface area (Å²) < 4.78 is 1.91. The summed E-state index contributed by atoms with van der Waals surface area (Å²) in [4.78, 5) is 12.3. The first kappa shape index (κ1) is 12.4. The molecule has 1 aromatic carbocycles. The lowest BCUT2D eigenvalue weighted by Gasteiger charge is -2.26. The zero-order chi connectivity index (χ0) is 13.7. The summed E-state index contributed by atoms with van der Waals surface area (Å²) in [5.41, 5.74) is 1.45. The Morgan fingerprint density at radius 2 is 2.00 bits per heavy atom. The minimum absolute atomic E-state index is 0.0492. The van der Waals surface area contributed by atoms with Crippen molar-refractivity contribution in [2.75, 3.05) is 6.54 Å². The predicted octanol–water partition coefficient (Wildman–Crippen LogP) is 3.15. The number of fused-ring (bicyclic) bond motifs is 3. The molecule has 100 valence electrons. The number of nitrogens with zero attached hydrogens (tertiary/aromatic N) is 2. The van der Waals surface area contributed by atoms with Gasteiger partial charge in [-0.25, -0.2) is 4.79 Å². The number of benzene rings is 1. The van der Waals surface area contributed by atoms with Crippen LogP contribution in [-0.4, -0.2) is 32.3 Å². The van der Waals surface area contributed by atoms with Crippen LogP contribution in [0.15, 0.2) is 12.1 Å². The number of aromatic hydroxyl groups is 1.